The van der Waals surface area contributed by atoms with E-state index in [2.05, 4.69) is 41.4 Å². The zero-order valence-electron chi connectivity index (χ0n) is 16.4. The highest BCUT2D eigenvalue weighted by Gasteiger charge is 2.25. The van der Waals surface area contributed by atoms with Gasteiger partial charge in [-0.05, 0) is 62.6 Å². The minimum absolute atomic E-state index is 0.0431. The summed E-state index contributed by atoms with van der Waals surface area (Å²) in [4.78, 5) is 28.7. The first-order valence-electron chi connectivity index (χ1n) is 10.1. The van der Waals surface area contributed by atoms with Crippen LogP contribution in [0, 0.1) is 12.8 Å². The summed E-state index contributed by atoms with van der Waals surface area (Å²) in [5.41, 5.74) is 4.20. The van der Waals surface area contributed by atoms with E-state index in [1.165, 1.54) is 11.3 Å². The van der Waals surface area contributed by atoms with Gasteiger partial charge in [-0.25, -0.2) is 0 Å². The van der Waals surface area contributed by atoms with Crippen molar-refractivity contribution in [1.82, 2.24) is 0 Å². The highest BCUT2D eigenvalue weighted by molar-refractivity contribution is 5.96. The Labute approximate surface area is 166 Å². The Morgan fingerprint density at radius 1 is 0.929 bits per heavy atom. The lowest BCUT2D eigenvalue weighted by Crippen LogP contribution is -2.38. The molecule has 5 heteroatoms. The van der Waals surface area contributed by atoms with Crippen molar-refractivity contribution < 1.29 is 9.59 Å². The summed E-state index contributed by atoms with van der Waals surface area (Å²) in [5, 5.41) is 3.04. The average Bonchev–Trinajstić information content (AvgIpc) is 3.15. The van der Waals surface area contributed by atoms with Gasteiger partial charge in [0, 0.05) is 49.0 Å². The third kappa shape index (κ3) is 4.03. The molecule has 0 saturated carbocycles. The molecule has 0 aliphatic carbocycles. The van der Waals surface area contributed by atoms with Gasteiger partial charge in [-0.15, -0.1) is 0 Å². The quantitative estimate of drug-likeness (QED) is 0.877. The molecule has 4 rings (SSSR count). The van der Waals surface area contributed by atoms with Crippen molar-refractivity contribution in [2.24, 2.45) is 5.92 Å². The molecule has 2 aliphatic rings. The number of anilines is 3. The normalized spacial score (nSPS) is 17.8. The fourth-order valence-electron chi connectivity index (χ4n) is 4.05. The third-order valence-corrected chi connectivity index (χ3v) is 5.78. The smallest absolute Gasteiger partial charge is 0.227 e. The molecule has 1 N–H and O–H groups in total. The molecule has 2 fully saturated rings. The molecule has 146 valence electrons. The van der Waals surface area contributed by atoms with Crippen LogP contribution in [-0.2, 0) is 9.59 Å². The molecule has 2 heterocycles. The zero-order valence-corrected chi connectivity index (χ0v) is 16.4. The highest BCUT2D eigenvalue weighted by atomic mass is 16.2. The van der Waals surface area contributed by atoms with E-state index in [0.717, 1.165) is 50.3 Å². The Balaban J connectivity index is 1.31. The maximum Gasteiger partial charge on any atom is 0.227 e. The lowest BCUT2D eigenvalue weighted by Gasteiger charge is -2.33. The van der Waals surface area contributed by atoms with Crippen LogP contribution in [0.1, 0.15) is 31.2 Å². The van der Waals surface area contributed by atoms with Gasteiger partial charge in [0.2, 0.25) is 11.8 Å². The van der Waals surface area contributed by atoms with Gasteiger partial charge in [-0.2, -0.15) is 0 Å². The van der Waals surface area contributed by atoms with Crippen LogP contribution in [0.3, 0.4) is 0 Å². The summed E-state index contributed by atoms with van der Waals surface area (Å²) in [6, 6.07) is 16.2. The van der Waals surface area contributed by atoms with E-state index in [9.17, 15) is 9.59 Å². The van der Waals surface area contributed by atoms with E-state index < -0.39 is 0 Å². The Hall–Kier alpha value is -2.82. The number of hydrogen-bond acceptors (Lipinski definition) is 3. The summed E-state index contributed by atoms with van der Waals surface area (Å²) in [5.74, 6) is 0.312. The Morgan fingerprint density at radius 2 is 1.57 bits per heavy atom. The van der Waals surface area contributed by atoms with Crippen molar-refractivity contribution in [2.75, 3.05) is 34.8 Å². The second kappa shape index (κ2) is 8.05. The van der Waals surface area contributed by atoms with Crippen LogP contribution in [0.15, 0.2) is 48.5 Å². The molecule has 2 amide bonds. The number of carbonyl (C=O) groups excluding carboxylic acids is 2. The lowest BCUT2D eigenvalue weighted by atomic mass is 9.95. The van der Waals surface area contributed by atoms with Crippen molar-refractivity contribution in [3.63, 3.8) is 0 Å². The topological polar surface area (TPSA) is 52.7 Å². The second-order valence-corrected chi connectivity index (χ2v) is 7.78. The van der Waals surface area contributed by atoms with Gasteiger partial charge in [0.25, 0.3) is 0 Å². The predicted molar refractivity (Wildman–Crippen MR) is 113 cm³/mol. The molecule has 28 heavy (non-hydrogen) atoms. The fraction of sp³-hybridized carbons (Fsp3) is 0.391. The van der Waals surface area contributed by atoms with Crippen molar-refractivity contribution in [2.45, 2.75) is 32.6 Å². The molecule has 0 radical (unpaired) electrons. The van der Waals surface area contributed by atoms with Crippen LogP contribution >= 0.6 is 0 Å². The van der Waals surface area contributed by atoms with E-state index in [-0.39, 0.29) is 17.7 Å². The Bertz CT molecular complexity index is 837. The molecule has 2 saturated heterocycles. The molecule has 0 aromatic heterocycles. The van der Waals surface area contributed by atoms with Crippen molar-refractivity contribution in [3.05, 3.63) is 54.1 Å². The first-order chi connectivity index (χ1) is 13.6. The predicted octanol–water partition coefficient (Wildman–Crippen LogP) is 3.98. The first kappa shape index (κ1) is 18.5. The van der Waals surface area contributed by atoms with Crippen molar-refractivity contribution >= 4 is 28.9 Å². The first-order valence-corrected chi connectivity index (χ1v) is 10.1. The number of hydrogen-bond donors (Lipinski definition) is 1. The number of carbonyl (C=O) groups is 2. The minimum atomic E-state index is 0.0431. The average molecular weight is 377 g/mol. The minimum Gasteiger partial charge on any atom is -0.371 e. The number of amides is 2. The van der Waals surface area contributed by atoms with Crippen LogP contribution in [0.25, 0.3) is 0 Å². The number of nitrogens with one attached hydrogen (secondary N) is 1. The van der Waals surface area contributed by atoms with E-state index in [0.29, 0.717) is 6.42 Å². The molecule has 2 aliphatic heterocycles. The number of aryl methyl sites for hydroxylation is 1. The number of benzene rings is 2. The fourth-order valence-corrected chi connectivity index (χ4v) is 4.05. The molecule has 0 spiro atoms. The monoisotopic (exact) mass is 377 g/mol. The number of piperidine rings is 1. The summed E-state index contributed by atoms with van der Waals surface area (Å²) < 4.78 is 0. The number of rotatable bonds is 4. The van der Waals surface area contributed by atoms with Gasteiger partial charge in [0.15, 0.2) is 0 Å². The van der Waals surface area contributed by atoms with Gasteiger partial charge in [0.05, 0.1) is 0 Å². The maximum atomic E-state index is 12.7. The van der Waals surface area contributed by atoms with E-state index in [1.54, 1.807) is 0 Å². The third-order valence-electron chi connectivity index (χ3n) is 5.78. The summed E-state index contributed by atoms with van der Waals surface area (Å²) >= 11 is 0. The maximum absolute atomic E-state index is 12.7. The SMILES string of the molecule is Cc1ccc(N2CCC(C(=O)Nc3ccc(N4CCCC4=O)cc3)CC2)cc1. The zero-order chi connectivity index (χ0) is 19.5. The summed E-state index contributed by atoms with van der Waals surface area (Å²) in [6.07, 6.45) is 3.26. The molecule has 5 nitrogen and oxygen atoms in total. The highest BCUT2D eigenvalue weighted by Crippen LogP contribution is 2.26. The molecular formula is C23H27N3O2. The van der Waals surface area contributed by atoms with E-state index in [4.69, 9.17) is 0 Å². The molecule has 0 bridgehead atoms. The summed E-state index contributed by atoms with van der Waals surface area (Å²) in [7, 11) is 0. The lowest BCUT2D eigenvalue weighted by molar-refractivity contribution is -0.120. The van der Waals surface area contributed by atoms with Crippen LogP contribution in [0.2, 0.25) is 0 Å². The van der Waals surface area contributed by atoms with Crippen molar-refractivity contribution in [1.29, 1.82) is 0 Å². The van der Waals surface area contributed by atoms with Gasteiger partial charge in [-0.1, -0.05) is 17.7 Å². The molecular weight excluding hydrogens is 350 g/mol. The largest absolute Gasteiger partial charge is 0.371 e. The second-order valence-electron chi connectivity index (χ2n) is 7.78. The molecule has 0 unspecified atom stereocenters. The van der Waals surface area contributed by atoms with E-state index >= 15 is 0 Å². The van der Waals surface area contributed by atoms with Crippen LogP contribution < -0.4 is 15.1 Å². The standard InChI is InChI=1S/C23H27N3O2/c1-17-4-8-20(9-5-17)25-15-12-18(13-16-25)23(28)24-19-6-10-21(11-7-19)26-14-2-3-22(26)27/h4-11,18H,2-3,12-16H2,1H3,(H,24,28). The van der Waals surface area contributed by atoms with Gasteiger partial charge >= 0.3 is 0 Å². The van der Waals surface area contributed by atoms with Gasteiger partial charge < -0.3 is 15.1 Å². The van der Waals surface area contributed by atoms with Crippen molar-refractivity contribution in [3.8, 4) is 0 Å². The Kier molecular flexibility index (Phi) is 5.33. The van der Waals surface area contributed by atoms with Gasteiger partial charge in [-0.3, -0.25) is 9.59 Å². The van der Waals surface area contributed by atoms with Crippen LogP contribution in [0.5, 0.6) is 0 Å². The summed E-state index contributed by atoms with van der Waals surface area (Å²) in [6.45, 7) is 4.67. The van der Waals surface area contributed by atoms with Gasteiger partial charge in [0.1, 0.15) is 0 Å². The Morgan fingerprint density at radius 3 is 2.18 bits per heavy atom. The van der Waals surface area contributed by atoms with Crippen LogP contribution in [-0.4, -0.2) is 31.4 Å². The molecule has 0 atom stereocenters. The van der Waals surface area contributed by atoms with E-state index in [1.807, 2.05) is 29.2 Å². The number of nitrogens with zero attached hydrogens (tertiary/aromatic N) is 2. The van der Waals surface area contributed by atoms with Crippen LogP contribution in [0.4, 0.5) is 17.1 Å². The molecule has 2 aromatic rings. The molecule has 2 aromatic carbocycles.